The standard InChI is InChI=1S/C16H22IN3O4/c1-5-6-9-13(21-4)12(20-8-11(17)18-19-20)14-16(22-9)7-10(16)23-15(2,3)24-14/h6,8-10,12-14,18-19H,1,7H2,2-4H3/t9?,10?,12-,13+,14?,16?/m1/s1. The van der Waals surface area contributed by atoms with Crippen LogP contribution in [0.25, 0.3) is 0 Å². The van der Waals surface area contributed by atoms with Gasteiger partial charge in [-0.15, -0.1) is 11.3 Å². The van der Waals surface area contributed by atoms with Crippen LogP contribution >= 0.6 is 22.6 Å². The lowest BCUT2D eigenvalue weighted by Crippen LogP contribution is -2.70. The Kier molecular flexibility index (Phi) is 4.00. The van der Waals surface area contributed by atoms with Gasteiger partial charge >= 0.3 is 0 Å². The van der Waals surface area contributed by atoms with Crippen molar-refractivity contribution in [2.45, 2.75) is 62.1 Å². The summed E-state index contributed by atoms with van der Waals surface area (Å²) in [5.74, 6) is -0.652. The first kappa shape index (κ1) is 16.8. The fourth-order valence-corrected chi connectivity index (χ4v) is 4.39. The molecule has 0 aromatic rings. The van der Waals surface area contributed by atoms with Crippen LogP contribution in [0.1, 0.15) is 20.3 Å². The quantitative estimate of drug-likeness (QED) is 0.385. The Morgan fingerprint density at radius 1 is 1.46 bits per heavy atom. The van der Waals surface area contributed by atoms with Crippen molar-refractivity contribution in [3.8, 4) is 0 Å². The maximum absolute atomic E-state index is 6.38. The van der Waals surface area contributed by atoms with Crippen LogP contribution in [0, 0.1) is 0 Å². The predicted molar refractivity (Wildman–Crippen MR) is 94.6 cm³/mol. The first-order valence-electron chi connectivity index (χ1n) is 8.00. The van der Waals surface area contributed by atoms with Crippen molar-refractivity contribution in [1.82, 2.24) is 16.0 Å². The molecule has 2 N–H and O–H groups in total. The highest BCUT2D eigenvalue weighted by molar-refractivity contribution is 14.1. The molecule has 6 atom stereocenters. The third-order valence-electron chi connectivity index (χ3n) is 4.97. The summed E-state index contributed by atoms with van der Waals surface area (Å²) in [5, 5.41) is 2.01. The van der Waals surface area contributed by atoms with Gasteiger partial charge in [0.05, 0.1) is 6.10 Å². The number of nitrogens with zero attached hydrogens (tertiary/aromatic N) is 1. The van der Waals surface area contributed by atoms with Gasteiger partial charge in [0.2, 0.25) is 0 Å². The molecule has 0 bridgehead atoms. The molecule has 4 rings (SSSR count). The summed E-state index contributed by atoms with van der Waals surface area (Å²) < 4.78 is 25.5. The smallest absolute Gasteiger partial charge is 0.163 e. The normalized spacial score (nSPS) is 45.4. The van der Waals surface area contributed by atoms with Crippen LogP contribution in [0.2, 0.25) is 0 Å². The Morgan fingerprint density at radius 2 is 2.25 bits per heavy atom. The van der Waals surface area contributed by atoms with E-state index >= 15 is 0 Å². The van der Waals surface area contributed by atoms with Gasteiger partial charge < -0.3 is 18.9 Å². The monoisotopic (exact) mass is 447 g/mol. The van der Waals surface area contributed by atoms with E-state index in [1.807, 2.05) is 31.1 Å². The number of nitrogens with one attached hydrogen (secondary N) is 2. The van der Waals surface area contributed by atoms with E-state index < -0.39 is 11.4 Å². The molecule has 1 spiro atoms. The number of hydrazine groups is 2. The van der Waals surface area contributed by atoms with E-state index in [9.17, 15) is 0 Å². The number of hydrogen-bond donors (Lipinski definition) is 2. The Balaban J connectivity index is 1.74. The lowest BCUT2D eigenvalue weighted by molar-refractivity contribution is -0.350. The zero-order valence-corrected chi connectivity index (χ0v) is 16.1. The van der Waals surface area contributed by atoms with Gasteiger partial charge in [-0.25, -0.2) is 0 Å². The molecule has 1 aliphatic carbocycles. The SMILES string of the molecule is C=C=CC1OC23CC2OC(C)(C)OC3[C@H](N2C=C(I)NN2)[C@H]1OC. The molecule has 7 nitrogen and oxygen atoms in total. The third kappa shape index (κ3) is 2.52. The summed E-state index contributed by atoms with van der Waals surface area (Å²) in [7, 11) is 1.69. The molecule has 1 saturated carbocycles. The second kappa shape index (κ2) is 5.70. The highest BCUT2D eigenvalue weighted by Gasteiger charge is 2.74. The van der Waals surface area contributed by atoms with Crippen molar-refractivity contribution >= 4 is 22.6 Å². The molecule has 4 aliphatic rings. The fourth-order valence-electron chi connectivity index (χ4n) is 3.97. The van der Waals surface area contributed by atoms with Gasteiger partial charge in [0.25, 0.3) is 0 Å². The van der Waals surface area contributed by atoms with Crippen LogP contribution in [0.4, 0.5) is 0 Å². The molecule has 24 heavy (non-hydrogen) atoms. The largest absolute Gasteiger partial charge is 0.376 e. The minimum Gasteiger partial charge on any atom is -0.376 e. The summed E-state index contributed by atoms with van der Waals surface area (Å²) in [6, 6.07) is -0.0914. The van der Waals surface area contributed by atoms with Crippen LogP contribution in [-0.4, -0.2) is 54.0 Å². The van der Waals surface area contributed by atoms with E-state index in [4.69, 9.17) is 18.9 Å². The van der Waals surface area contributed by atoms with Crippen molar-refractivity contribution in [1.29, 1.82) is 0 Å². The summed E-state index contributed by atoms with van der Waals surface area (Å²) in [6.07, 6.45) is 3.99. The highest BCUT2D eigenvalue weighted by atomic mass is 127. The van der Waals surface area contributed by atoms with Crippen molar-refractivity contribution in [3.63, 3.8) is 0 Å². The molecular formula is C16H22IN3O4. The Morgan fingerprint density at radius 3 is 2.88 bits per heavy atom. The Bertz CT molecular complexity index is 620. The molecule has 3 fully saturated rings. The van der Waals surface area contributed by atoms with Gasteiger partial charge in [-0.2, -0.15) is 0 Å². The van der Waals surface area contributed by atoms with E-state index in [-0.39, 0.29) is 30.5 Å². The maximum atomic E-state index is 6.38. The predicted octanol–water partition coefficient (Wildman–Crippen LogP) is 1.33. The van der Waals surface area contributed by atoms with E-state index in [2.05, 4.69) is 45.9 Å². The third-order valence-corrected chi connectivity index (χ3v) is 5.51. The topological polar surface area (TPSA) is 64.2 Å². The molecule has 0 radical (unpaired) electrons. The minimum absolute atomic E-state index is 0.0332. The minimum atomic E-state index is -0.652. The molecule has 132 valence electrons. The Labute approximate surface area is 155 Å². The molecule has 4 unspecified atom stereocenters. The Hall–Kier alpha value is -0.610. The van der Waals surface area contributed by atoms with E-state index in [1.54, 1.807) is 7.11 Å². The molecule has 3 aliphatic heterocycles. The molecule has 2 saturated heterocycles. The summed E-state index contributed by atoms with van der Waals surface area (Å²) in [4.78, 5) is 0. The number of hydrogen-bond acceptors (Lipinski definition) is 7. The number of rotatable bonds is 3. The van der Waals surface area contributed by atoms with Crippen LogP contribution in [0.15, 0.2) is 28.3 Å². The van der Waals surface area contributed by atoms with Gasteiger partial charge in [0.1, 0.15) is 33.7 Å². The maximum Gasteiger partial charge on any atom is 0.163 e. The lowest BCUT2D eigenvalue weighted by atomic mass is 9.89. The second-order valence-electron chi connectivity index (χ2n) is 6.97. The molecule has 3 heterocycles. The van der Waals surface area contributed by atoms with Gasteiger partial charge in [0.15, 0.2) is 5.79 Å². The van der Waals surface area contributed by atoms with E-state index in [1.165, 1.54) is 0 Å². The van der Waals surface area contributed by atoms with Crippen LogP contribution < -0.4 is 11.0 Å². The molecule has 0 amide bonds. The summed E-state index contributed by atoms with van der Waals surface area (Å²) in [5.41, 5.74) is 8.67. The first-order valence-corrected chi connectivity index (χ1v) is 9.07. The van der Waals surface area contributed by atoms with E-state index in [0.717, 1.165) is 10.1 Å². The zero-order chi connectivity index (χ0) is 17.1. The van der Waals surface area contributed by atoms with Crippen LogP contribution in [0.5, 0.6) is 0 Å². The van der Waals surface area contributed by atoms with Crippen LogP contribution in [0.3, 0.4) is 0 Å². The second-order valence-corrected chi connectivity index (χ2v) is 8.13. The number of ether oxygens (including phenoxy) is 4. The van der Waals surface area contributed by atoms with E-state index in [0.29, 0.717) is 0 Å². The average molecular weight is 447 g/mol. The number of methoxy groups -OCH3 is 1. The van der Waals surface area contributed by atoms with Gasteiger partial charge in [-0.05, 0) is 42.5 Å². The zero-order valence-electron chi connectivity index (χ0n) is 13.9. The van der Waals surface area contributed by atoms with Crippen molar-refractivity contribution < 1.29 is 18.9 Å². The van der Waals surface area contributed by atoms with Crippen molar-refractivity contribution in [2.24, 2.45) is 0 Å². The van der Waals surface area contributed by atoms with Crippen molar-refractivity contribution in [2.75, 3.05) is 7.11 Å². The van der Waals surface area contributed by atoms with Gasteiger partial charge in [-0.1, -0.05) is 6.58 Å². The van der Waals surface area contributed by atoms with Crippen molar-refractivity contribution in [3.05, 3.63) is 28.3 Å². The fraction of sp³-hybridized carbons (Fsp3) is 0.688. The first-order chi connectivity index (χ1) is 11.4. The van der Waals surface area contributed by atoms with Gasteiger partial charge in [-0.3, -0.25) is 10.4 Å². The molecular weight excluding hydrogens is 425 g/mol. The van der Waals surface area contributed by atoms with Gasteiger partial charge in [0, 0.05) is 19.7 Å². The molecule has 0 aromatic heterocycles. The van der Waals surface area contributed by atoms with Crippen LogP contribution in [-0.2, 0) is 18.9 Å². The molecule has 0 aromatic carbocycles. The highest BCUT2D eigenvalue weighted by Crippen LogP contribution is 2.57. The average Bonchev–Trinajstić information content (AvgIpc) is 3.01. The summed E-state index contributed by atoms with van der Waals surface area (Å²) >= 11 is 2.23. The summed E-state index contributed by atoms with van der Waals surface area (Å²) in [6.45, 7) is 7.58. The lowest BCUT2D eigenvalue weighted by Gasteiger charge is -2.52. The molecule has 8 heteroatoms. The number of halogens is 1.